The number of aromatic nitrogens is 4. The van der Waals surface area contributed by atoms with Gasteiger partial charge in [0.05, 0.1) is 10.6 Å². The number of fused-ring (bicyclic) bond motifs is 1. The Hall–Kier alpha value is -2.19. The van der Waals surface area contributed by atoms with Crippen LogP contribution in [0, 0.1) is 0 Å². The lowest BCUT2D eigenvalue weighted by Gasteiger charge is -2.22. The van der Waals surface area contributed by atoms with Crippen molar-refractivity contribution in [2.24, 2.45) is 0 Å². The number of benzene rings is 1. The number of carbonyl (C=O) groups excluding carboxylic acids is 1. The van der Waals surface area contributed by atoms with Crippen molar-refractivity contribution >= 4 is 34.7 Å². The van der Waals surface area contributed by atoms with Crippen LogP contribution in [-0.2, 0) is 11.3 Å². The van der Waals surface area contributed by atoms with Crippen molar-refractivity contribution in [2.75, 3.05) is 11.4 Å². The van der Waals surface area contributed by atoms with Gasteiger partial charge in [0.2, 0.25) is 5.82 Å². The highest BCUT2D eigenvalue weighted by atomic mass is 32.2. The summed E-state index contributed by atoms with van der Waals surface area (Å²) in [7, 11) is 0. The van der Waals surface area contributed by atoms with E-state index in [1.165, 1.54) is 4.80 Å². The number of hydrogen-bond acceptors (Lipinski definition) is 6. The van der Waals surface area contributed by atoms with Gasteiger partial charge in [-0.25, -0.2) is 0 Å². The molecule has 0 N–H and O–H groups in total. The fourth-order valence-corrected chi connectivity index (χ4v) is 4.53. The van der Waals surface area contributed by atoms with Crippen molar-refractivity contribution in [1.82, 2.24) is 20.2 Å². The van der Waals surface area contributed by atoms with E-state index in [9.17, 15) is 4.79 Å². The highest BCUT2D eigenvalue weighted by Crippen LogP contribution is 2.37. The lowest BCUT2D eigenvalue weighted by Crippen LogP contribution is -2.35. The van der Waals surface area contributed by atoms with Gasteiger partial charge in [-0.05, 0) is 35.2 Å². The number of para-hydroxylation sites is 1. The van der Waals surface area contributed by atoms with Crippen LogP contribution in [0.4, 0.5) is 5.69 Å². The average molecular weight is 371 g/mol. The average Bonchev–Trinajstić information content (AvgIpc) is 3.25. The Balaban J connectivity index is 1.55. The van der Waals surface area contributed by atoms with Gasteiger partial charge >= 0.3 is 0 Å². The third kappa shape index (κ3) is 3.45. The fraction of sp³-hybridized carbons (Fsp3) is 0.294. The molecule has 2 aromatic heterocycles. The number of tetrazole rings is 1. The molecule has 0 saturated carbocycles. The molecule has 25 heavy (non-hydrogen) atoms. The summed E-state index contributed by atoms with van der Waals surface area (Å²) in [6, 6.07) is 11.9. The molecular weight excluding hydrogens is 354 g/mol. The van der Waals surface area contributed by atoms with Gasteiger partial charge < -0.3 is 4.90 Å². The molecule has 4 rings (SSSR count). The number of carbonyl (C=O) groups is 1. The molecule has 1 aliphatic heterocycles. The van der Waals surface area contributed by atoms with Gasteiger partial charge in [0.25, 0.3) is 5.91 Å². The zero-order valence-corrected chi connectivity index (χ0v) is 15.3. The van der Waals surface area contributed by atoms with Crippen LogP contribution in [-0.4, -0.2) is 37.9 Å². The summed E-state index contributed by atoms with van der Waals surface area (Å²) >= 11 is 3.37. The Labute approximate surface area is 153 Å². The summed E-state index contributed by atoms with van der Waals surface area (Å²) in [6.07, 6.45) is 0.955. The maximum Gasteiger partial charge on any atom is 0.250 e. The van der Waals surface area contributed by atoms with Gasteiger partial charge in [-0.15, -0.1) is 33.3 Å². The van der Waals surface area contributed by atoms with E-state index in [2.05, 4.69) is 28.4 Å². The maximum absolute atomic E-state index is 12.9. The highest BCUT2D eigenvalue weighted by Gasteiger charge is 2.24. The summed E-state index contributed by atoms with van der Waals surface area (Å²) in [5.41, 5.74) is 0.973. The van der Waals surface area contributed by atoms with E-state index in [1.54, 1.807) is 11.3 Å². The molecule has 6 nitrogen and oxygen atoms in total. The second-order valence-electron chi connectivity index (χ2n) is 5.85. The minimum atomic E-state index is -0.0164. The molecule has 8 heteroatoms. The number of hydrogen-bond donors (Lipinski definition) is 0. The molecule has 3 aromatic rings. The minimum Gasteiger partial charge on any atom is -0.310 e. The second-order valence-corrected chi connectivity index (χ2v) is 8.28. The van der Waals surface area contributed by atoms with E-state index in [4.69, 9.17) is 0 Å². The van der Waals surface area contributed by atoms with Crippen molar-refractivity contribution < 1.29 is 4.79 Å². The van der Waals surface area contributed by atoms with Crippen LogP contribution >= 0.6 is 23.1 Å². The Kier molecular flexibility index (Phi) is 4.54. The molecule has 0 bridgehead atoms. The largest absolute Gasteiger partial charge is 0.310 e. The highest BCUT2D eigenvalue weighted by molar-refractivity contribution is 8.00. The van der Waals surface area contributed by atoms with Crippen LogP contribution in [0.3, 0.4) is 0 Å². The molecule has 128 valence electrons. The van der Waals surface area contributed by atoms with Crippen LogP contribution in [0.5, 0.6) is 0 Å². The zero-order chi connectivity index (χ0) is 17.2. The number of amides is 1. The molecular formula is C17H17N5OS2. The summed E-state index contributed by atoms with van der Waals surface area (Å²) in [4.78, 5) is 18.2. The van der Waals surface area contributed by atoms with E-state index in [-0.39, 0.29) is 12.5 Å². The predicted octanol–water partition coefficient (Wildman–Crippen LogP) is 3.32. The monoisotopic (exact) mass is 371 g/mol. The van der Waals surface area contributed by atoms with Gasteiger partial charge in [-0.2, -0.15) is 4.80 Å². The van der Waals surface area contributed by atoms with E-state index >= 15 is 0 Å². The Morgan fingerprint density at radius 1 is 1.28 bits per heavy atom. The van der Waals surface area contributed by atoms with E-state index in [0.29, 0.717) is 17.6 Å². The third-order valence-electron chi connectivity index (χ3n) is 4.02. The molecule has 1 aliphatic rings. The van der Waals surface area contributed by atoms with Crippen LogP contribution in [0.15, 0.2) is 46.7 Å². The molecule has 1 aromatic carbocycles. The van der Waals surface area contributed by atoms with Crippen molar-refractivity contribution in [3.8, 4) is 10.7 Å². The summed E-state index contributed by atoms with van der Waals surface area (Å²) in [5, 5.41) is 14.9. The smallest absolute Gasteiger partial charge is 0.250 e. The molecule has 1 unspecified atom stereocenters. The van der Waals surface area contributed by atoms with Gasteiger partial charge in [-0.3, -0.25) is 4.79 Å². The first-order valence-corrected chi connectivity index (χ1v) is 9.84. The molecule has 0 aliphatic carbocycles. The van der Waals surface area contributed by atoms with Crippen LogP contribution < -0.4 is 4.90 Å². The molecule has 0 saturated heterocycles. The molecule has 0 fully saturated rings. The Morgan fingerprint density at radius 3 is 3.00 bits per heavy atom. The molecule has 0 radical (unpaired) electrons. The van der Waals surface area contributed by atoms with Crippen LogP contribution in [0.25, 0.3) is 10.7 Å². The standard InChI is InChI=1S/C17H17N5OS2/c1-12-8-9-21(13-5-2-3-6-14(13)25-12)16(23)11-22-19-17(18-20-22)15-7-4-10-24-15/h2-7,10,12H,8-9,11H2,1H3. The lowest BCUT2D eigenvalue weighted by molar-refractivity contribution is -0.119. The minimum absolute atomic E-state index is 0.0164. The van der Waals surface area contributed by atoms with Crippen molar-refractivity contribution in [1.29, 1.82) is 0 Å². The van der Waals surface area contributed by atoms with Gasteiger partial charge in [0.1, 0.15) is 6.54 Å². The first-order chi connectivity index (χ1) is 12.2. The van der Waals surface area contributed by atoms with Gasteiger partial charge in [0.15, 0.2) is 0 Å². The zero-order valence-electron chi connectivity index (χ0n) is 13.7. The first-order valence-electron chi connectivity index (χ1n) is 8.08. The Bertz CT molecular complexity index is 877. The van der Waals surface area contributed by atoms with Crippen LogP contribution in [0.2, 0.25) is 0 Å². The van der Waals surface area contributed by atoms with Gasteiger partial charge in [-0.1, -0.05) is 25.1 Å². The van der Waals surface area contributed by atoms with E-state index in [1.807, 2.05) is 52.4 Å². The Morgan fingerprint density at radius 2 is 2.16 bits per heavy atom. The number of nitrogens with zero attached hydrogens (tertiary/aromatic N) is 5. The summed E-state index contributed by atoms with van der Waals surface area (Å²) < 4.78 is 0. The predicted molar refractivity (Wildman–Crippen MR) is 99.9 cm³/mol. The maximum atomic E-state index is 12.9. The van der Waals surface area contributed by atoms with Crippen molar-refractivity contribution in [3.05, 3.63) is 41.8 Å². The third-order valence-corrected chi connectivity index (χ3v) is 6.12. The van der Waals surface area contributed by atoms with Gasteiger partial charge in [0, 0.05) is 16.7 Å². The first kappa shape index (κ1) is 16.3. The molecule has 1 atom stereocenters. The van der Waals surface area contributed by atoms with Crippen LogP contribution in [0.1, 0.15) is 13.3 Å². The molecule has 1 amide bonds. The van der Waals surface area contributed by atoms with Crippen molar-refractivity contribution in [2.45, 2.75) is 30.0 Å². The number of thiophene rings is 1. The normalized spacial score (nSPS) is 17.2. The number of anilines is 1. The fourth-order valence-electron chi connectivity index (χ4n) is 2.77. The SMILES string of the molecule is CC1CCN(C(=O)Cn2nnc(-c3cccs3)n2)c2ccccc2S1. The number of thioether (sulfide) groups is 1. The topological polar surface area (TPSA) is 63.9 Å². The summed E-state index contributed by atoms with van der Waals surface area (Å²) in [6.45, 7) is 2.99. The summed E-state index contributed by atoms with van der Waals surface area (Å²) in [5.74, 6) is 0.542. The molecule has 3 heterocycles. The number of rotatable bonds is 3. The lowest BCUT2D eigenvalue weighted by atomic mass is 10.2. The quantitative estimate of drug-likeness (QED) is 0.707. The van der Waals surface area contributed by atoms with Crippen molar-refractivity contribution in [3.63, 3.8) is 0 Å². The molecule has 0 spiro atoms. The van der Waals surface area contributed by atoms with E-state index in [0.717, 1.165) is 21.9 Å². The van der Waals surface area contributed by atoms with E-state index < -0.39 is 0 Å². The second kappa shape index (κ2) is 6.97.